The van der Waals surface area contributed by atoms with Crippen molar-refractivity contribution >= 4 is 5.97 Å². The van der Waals surface area contributed by atoms with Crippen LogP contribution in [0.4, 0.5) is 0 Å². The molecule has 0 aromatic heterocycles. The highest BCUT2D eigenvalue weighted by atomic mass is 16.6. The van der Waals surface area contributed by atoms with Gasteiger partial charge in [-0.25, -0.2) is 4.79 Å². The molecule has 0 amide bonds. The molecule has 0 radical (unpaired) electrons. The summed E-state index contributed by atoms with van der Waals surface area (Å²) in [6.07, 6.45) is -5.90. The lowest BCUT2D eigenvalue weighted by atomic mass is 9.87. The van der Waals surface area contributed by atoms with Gasteiger partial charge in [-0.2, -0.15) is 0 Å². The average Bonchev–Trinajstić information content (AvgIpc) is 2.81. The van der Waals surface area contributed by atoms with Crippen molar-refractivity contribution in [2.45, 2.75) is 56.4 Å². The summed E-state index contributed by atoms with van der Waals surface area (Å²) in [5.41, 5.74) is 0. The molecule has 2 fully saturated rings. The topological polar surface area (TPSA) is 166 Å². The minimum atomic E-state index is -1.67. The second-order valence-corrected chi connectivity index (χ2v) is 7.49. The maximum absolute atomic E-state index is 11.4. The van der Waals surface area contributed by atoms with Crippen LogP contribution in [-0.4, -0.2) is 106 Å². The third-order valence-corrected chi connectivity index (χ3v) is 5.78. The number of aliphatic hydroxyl groups excluding tert-OH is 6. The van der Waals surface area contributed by atoms with Crippen LogP contribution >= 0.6 is 0 Å². The maximum atomic E-state index is 11.4. The zero-order valence-corrected chi connectivity index (χ0v) is 16.0. The summed E-state index contributed by atoms with van der Waals surface area (Å²) < 4.78 is 16.1. The SMILES string of the molecule is CCC1C(CO)OCC(COCCC2C(CO)OC(=O)C(O)C2O)C(O)C1O. The van der Waals surface area contributed by atoms with Gasteiger partial charge in [-0.3, -0.25) is 0 Å². The third-order valence-electron chi connectivity index (χ3n) is 5.78. The Balaban J connectivity index is 1.86. The molecule has 10 nitrogen and oxygen atoms in total. The summed E-state index contributed by atoms with van der Waals surface area (Å²) in [5, 5.41) is 59.2. The van der Waals surface area contributed by atoms with Gasteiger partial charge in [-0.05, 0) is 12.8 Å². The van der Waals surface area contributed by atoms with Crippen LogP contribution in [0.25, 0.3) is 0 Å². The third kappa shape index (κ3) is 5.19. The van der Waals surface area contributed by atoms with Crippen molar-refractivity contribution in [2.24, 2.45) is 17.8 Å². The molecule has 0 aromatic carbocycles. The fourth-order valence-electron chi connectivity index (χ4n) is 3.94. The van der Waals surface area contributed by atoms with Crippen molar-refractivity contribution in [3.63, 3.8) is 0 Å². The Morgan fingerprint density at radius 1 is 1.00 bits per heavy atom. The van der Waals surface area contributed by atoms with Crippen LogP contribution < -0.4 is 0 Å². The molecular weight excluding hydrogens is 376 g/mol. The Hall–Kier alpha value is -0.850. The van der Waals surface area contributed by atoms with Gasteiger partial charge in [0.1, 0.15) is 6.10 Å². The van der Waals surface area contributed by atoms with Gasteiger partial charge in [0.25, 0.3) is 0 Å². The van der Waals surface area contributed by atoms with E-state index in [4.69, 9.17) is 14.2 Å². The van der Waals surface area contributed by atoms with E-state index in [2.05, 4.69) is 0 Å². The number of hydrogen-bond donors (Lipinski definition) is 6. The Kier molecular flexibility index (Phi) is 9.03. The average molecular weight is 408 g/mol. The Labute approximate surface area is 163 Å². The lowest BCUT2D eigenvalue weighted by Gasteiger charge is -2.36. The summed E-state index contributed by atoms with van der Waals surface area (Å²) in [6.45, 7) is 1.41. The van der Waals surface area contributed by atoms with E-state index in [0.29, 0.717) is 6.42 Å². The van der Waals surface area contributed by atoms with E-state index in [1.54, 1.807) is 0 Å². The maximum Gasteiger partial charge on any atom is 0.338 e. The van der Waals surface area contributed by atoms with Crippen LogP contribution in [0.1, 0.15) is 19.8 Å². The van der Waals surface area contributed by atoms with Crippen molar-refractivity contribution in [1.82, 2.24) is 0 Å². The van der Waals surface area contributed by atoms with E-state index in [1.165, 1.54) is 0 Å². The van der Waals surface area contributed by atoms with Crippen LogP contribution in [0.2, 0.25) is 0 Å². The molecule has 28 heavy (non-hydrogen) atoms. The predicted molar refractivity (Wildman–Crippen MR) is 94.0 cm³/mol. The monoisotopic (exact) mass is 408 g/mol. The highest BCUT2D eigenvalue weighted by Crippen LogP contribution is 2.28. The van der Waals surface area contributed by atoms with Crippen molar-refractivity contribution < 1.29 is 49.6 Å². The molecule has 9 atom stereocenters. The van der Waals surface area contributed by atoms with Gasteiger partial charge in [0.15, 0.2) is 6.10 Å². The number of hydrogen-bond acceptors (Lipinski definition) is 10. The summed E-state index contributed by atoms with van der Waals surface area (Å²) >= 11 is 0. The van der Waals surface area contributed by atoms with Gasteiger partial charge in [-0.1, -0.05) is 6.92 Å². The van der Waals surface area contributed by atoms with Gasteiger partial charge in [0.2, 0.25) is 0 Å². The zero-order chi connectivity index (χ0) is 20.8. The molecule has 0 aliphatic carbocycles. The van der Waals surface area contributed by atoms with E-state index in [0.717, 1.165) is 0 Å². The summed E-state index contributed by atoms with van der Waals surface area (Å²) in [5.74, 6) is -2.56. The van der Waals surface area contributed by atoms with Crippen LogP contribution in [0.15, 0.2) is 0 Å². The van der Waals surface area contributed by atoms with Gasteiger partial charge < -0.3 is 44.8 Å². The molecule has 6 N–H and O–H groups in total. The van der Waals surface area contributed by atoms with Crippen LogP contribution in [-0.2, 0) is 19.0 Å². The van der Waals surface area contributed by atoms with Gasteiger partial charge in [0.05, 0.1) is 50.8 Å². The first kappa shape index (κ1) is 23.4. The molecule has 10 heteroatoms. The van der Waals surface area contributed by atoms with Crippen LogP contribution in [0.3, 0.4) is 0 Å². The number of ether oxygens (including phenoxy) is 3. The Morgan fingerprint density at radius 3 is 2.29 bits per heavy atom. The summed E-state index contributed by atoms with van der Waals surface area (Å²) in [4.78, 5) is 11.4. The van der Waals surface area contributed by atoms with Crippen molar-refractivity contribution in [3.8, 4) is 0 Å². The van der Waals surface area contributed by atoms with E-state index in [-0.39, 0.29) is 38.8 Å². The van der Waals surface area contributed by atoms with Crippen LogP contribution in [0, 0.1) is 17.8 Å². The number of carbonyl (C=O) groups excluding carboxylic acids is 1. The second-order valence-electron chi connectivity index (χ2n) is 7.49. The van der Waals surface area contributed by atoms with E-state index >= 15 is 0 Å². The minimum Gasteiger partial charge on any atom is -0.458 e. The molecule has 164 valence electrons. The number of aliphatic hydroxyl groups is 6. The number of rotatable bonds is 8. The molecule has 0 aromatic rings. The normalized spacial score (nSPS) is 42.1. The number of cyclic esters (lactones) is 1. The molecular formula is C18H32O10. The fourth-order valence-corrected chi connectivity index (χ4v) is 3.94. The number of esters is 1. The first-order valence-corrected chi connectivity index (χ1v) is 9.69. The lowest BCUT2D eigenvalue weighted by Crippen LogP contribution is -2.53. The highest BCUT2D eigenvalue weighted by Gasteiger charge is 2.44. The van der Waals surface area contributed by atoms with Crippen LogP contribution in [0.5, 0.6) is 0 Å². The van der Waals surface area contributed by atoms with E-state index in [9.17, 15) is 35.4 Å². The molecule has 2 saturated heterocycles. The lowest BCUT2D eigenvalue weighted by molar-refractivity contribution is -0.196. The van der Waals surface area contributed by atoms with Gasteiger partial charge in [0, 0.05) is 24.4 Å². The number of carbonyl (C=O) groups is 1. The zero-order valence-electron chi connectivity index (χ0n) is 16.0. The predicted octanol–water partition coefficient (Wildman–Crippen LogP) is -2.60. The van der Waals surface area contributed by atoms with E-state index in [1.807, 2.05) is 6.92 Å². The largest absolute Gasteiger partial charge is 0.458 e. The molecule has 2 aliphatic rings. The minimum absolute atomic E-state index is 0.0712. The van der Waals surface area contributed by atoms with Gasteiger partial charge >= 0.3 is 5.97 Å². The quantitative estimate of drug-likeness (QED) is 0.185. The van der Waals surface area contributed by atoms with E-state index < -0.39 is 61.0 Å². The Bertz CT molecular complexity index is 487. The standard InChI is InChI=1S/C18H32O10/c1-2-10-12(5-19)27-8-9(14(21)15(10)22)7-26-4-3-11-13(6-20)28-18(25)17(24)16(11)23/h9-17,19-24H,2-8H2,1H3. The summed E-state index contributed by atoms with van der Waals surface area (Å²) in [7, 11) is 0. The molecule has 0 saturated carbocycles. The molecule has 2 heterocycles. The summed E-state index contributed by atoms with van der Waals surface area (Å²) in [6, 6.07) is 0. The first-order valence-electron chi connectivity index (χ1n) is 9.69. The molecule has 2 rings (SSSR count). The molecule has 0 spiro atoms. The highest BCUT2D eigenvalue weighted by molar-refractivity contribution is 5.76. The molecule has 0 bridgehead atoms. The second kappa shape index (κ2) is 10.8. The Morgan fingerprint density at radius 2 is 1.68 bits per heavy atom. The smallest absolute Gasteiger partial charge is 0.338 e. The fraction of sp³-hybridized carbons (Fsp3) is 0.944. The van der Waals surface area contributed by atoms with Crippen molar-refractivity contribution in [3.05, 3.63) is 0 Å². The molecule has 9 unspecified atom stereocenters. The van der Waals surface area contributed by atoms with Crippen molar-refractivity contribution in [2.75, 3.05) is 33.0 Å². The van der Waals surface area contributed by atoms with Gasteiger partial charge in [-0.15, -0.1) is 0 Å². The van der Waals surface area contributed by atoms with Crippen molar-refractivity contribution in [1.29, 1.82) is 0 Å². The first-order chi connectivity index (χ1) is 13.3. The molecule has 2 aliphatic heterocycles.